The van der Waals surface area contributed by atoms with Crippen molar-refractivity contribution in [2.45, 2.75) is 52.4 Å². The van der Waals surface area contributed by atoms with Gasteiger partial charge in [0.15, 0.2) is 0 Å². The van der Waals surface area contributed by atoms with Crippen LogP contribution in [0.1, 0.15) is 68.3 Å². The fraction of sp³-hybridized carbons (Fsp3) is 0.444. The number of fused-ring (bicyclic) bond motifs is 1. The summed E-state index contributed by atoms with van der Waals surface area (Å²) in [5.41, 5.74) is 3.22. The van der Waals surface area contributed by atoms with Gasteiger partial charge in [-0.05, 0) is 24.0 Å². The normalized spacial score (nSPS) is 13.5. The molecule has 3 heteroatoms. The molecule has 0 aromatic heterocycles. The minimum absolute atomic E-state index is 0.0436. The van der Waals surface area contributed by atoms with E-state index in [9.17, 15) is 9.59 Å². The van der Waals surface area contributed by atoms with Crippen molar-refractivity contribution in [2.75, 3.05) is 0 Å². The average Bonchev–Trinajstić information content (AvgIpc) is 2.77. The van der Waals surface area contributed by atoms with Crippen molar-refractivity contribution in [3.8, 4) is 0 Å². The molecular weight excluding hydrogens is 262 g/mol. The van der Waals surface area contributed by atoms with Crippen LogP contribution in [0.15, 0.2) is 30.0 Å². The number of benzene rings is 1. The molecule has 0 spiro atoms. The smallest absolute Gasteiger partial charge is 0.224 e. The molecule has 1 aromatic carbocycles. The van der Waals surface area contributed by atoms with Crippen LogP contribution in [0.5, 0.6) is 0 Å². The second-order valence-electron chi connectivity index (χ2n) is 5.44. The number of carbonyl (C=O) groups excluding carboxylic acids is 2. The Bertz CT molecular complexity index is 572. The number of allylic oxidation sites excluding steroid dienone is 2. The lowest BCUT2D eigenvalue weighted by Gasteiger charge is -2.08. The molecule has 0 saturated heterocycles. The molecule has 0 radical (unpaired) electrons. The minimum atomic E-state index is -0.0998. The summed E-state index contributed by atoms with van der Waals surface area (Å²) in [5.74, 6) is -0.143. The highest BCUT2D eigenvalue weighted by Gasteiger charge is 2.29. The van der Waals surface area contributed by atoms with Crippen molar-refractivity contribution in [3.05, 3.63) is 41.1 Å². The highest BCUT2D eigenvalue weighted by atomic mass is 16.2. The van der Waals surface area contributed by atoms with Gasteiger partial charge < -0.3 is 5.32 Å². The van der Waals surface area contributed by atoms with Crippen LogP contribution in [0.3, 0.4) is 0 Å². The molecule has 1 aliphatic rings. The van der Waals surface area contributed by atoms with Crippen LogP contribution >= 0.6 is 0 Å². The maximum absolute atomic E-state index is 12.5. The second-order valence-corrected chi connectivity index (χ2v) is 5.44. The third kappa shape index (κ3) is 3.41. The van der Waals surface area contributed by atoms with Crippen molar-refractivity contribution in [1.82, 2.24) is 5.32 Å². The zero-order chi connectivity index (χ0) is 15.2. The first-order valence-electron chi connectivity index (χ1n) is 7.86. The average molecular weight is 285 g/mol. The van der Waals surface area contributed by atoms with Gasteiger partial charge in [-0.1, -0.05) is 57.4 Å². The number of hydrogen-bond donors (Lipinski definition) is 1. The summed E-state index contributed by atoms with van der Waals surface area (Å²) in [5, 5.41) is 2.81. The van der Waals surface area contributed by atoms with Gasteiger partial charge in [-0.25, -0.2) is 0 Å². The summed E-state index contributed by atoms with van der Waals surface area (Å²) in [6.07, 6.45) is 5.84. The van der Waals surface area contributed by atoms with Gasteiger partial charge in [0.2, 0.25) is 11.7 Å². The zero-order valence-electron chi connectivity index (χ0n) is 12.9. The van der Waals surface area contributed by atoms with Gasteiger partial charge in [-0.3, -0.25) is 9.59 Å². The molecular formula is C18H23NO2. The maximum Gasteiger partial charge on any atom is 0.224 e. The van der Waals surface area contributed by atoms with E-state index < -0.39 is 0 Å². The number of rotatable bonds is 7. The molecule has 2 rings (SSSR count). The molecule has 21 heavy (non-hydrogen) atoms. The van der Waals surface area contributed by atoms with E-state index in [1.165, 1.54) is 12.8 Å². The fourth-order valence-electron chi connectivity index (χ4n) is 2.70. The number of carbonyl (C=O) groups is 2. The predicted octanol–water partition coefficient (Wildman–Crippen LogP) is 4.09. The number of ketones is 1. The first-order chi connectivity index (χ1) is 10.2. The molecule has 112 valence electrons. The Labute approximate surface area is 126 Å². The third-order valence-corrected chi connectivity index (χ3v) is 3.89. The van der Waals surface area contributed by atoms with Gasteiger partial charge in [0, 0.05) is 12.0 Å². The summed E-state index contributed by atoms with van der Waals surface area (Å²) in [6, 6.07) is 7.64. The Morgan fingerprint density at radius 3 is 2.43 bits per heavy atom. The predicted molar refractivity (Wildman–Crippen MR) is 84.9 cm³/mol. The summed E-state index contributed by atoms with van der Waals surface area (Å²) in [6.45, 7) is 3.98. The van der Waals surface area contributed by atoms with Crippen LogP contribution in [0, 0.1) is 0 Å². The Morgan fingerprint density at radius 2 is 1.76 bits per heavy atom. The van der Waals surface area contributed by atoms with E-state index >= 15 is 0 Å². The highest BCUT2D eigenvalue weighted by molar-refractivity contribution is 6.21. The monoisotopic (exact) mass is 285 g/mol. The Hall–Kier alpha value is -1.90. The Kier molecular flexibility index (Phi) is 5.32. The Balaban J connectivity index is 2.25. The zero-order valence-corrected chi connectivity index (χ0v) is 12.9. The summed E-state index contributed by atoms with van der Waals surface area (Å²) in [7, 11) is 0. The molecule has 1 amide bonds. The van der Waals surface area contributed by atoms with E-state index in [0.29, 0.717) is 12.1 Å². The molecule has 1 N–H and O–H groups in total. The third-order valence-electron chi connectivity index (χ3n) is 3.89. The van der Waals surface area contributed by atoms with E-state index in [1.54, 1.807) is 6.92 Å². The number of amides is 1. The summed E-state index contributed by atoms with van der Waals surface area (Å²) >= 11 is 0. The summed E-state index contributed by atoms with van der Waals surface area (Å²) < 4.78 is 0. The van der Waals surface area contributed by atoms with Crippen LogP contribution < -0.4 is 5.32 Å². The van der Waals surface area contributed by atoms with Gasteiger partial charge in [0.25, 0.3) is 0 Å². The number of Topliss-reactive ketones (excluding diaryl/α,β-unsaturated/α-hetero) is 1. The van der Waals surface area contributed by atoms with Crippen LogP contribution in [-0.4, -0.2) is 11.7 Å². The van der Waals surface area contributed by atoms with Crippen LogP contribution in [0.4, 0.5) is 0 Å². The van der Waals surface area contributed by atoms with Gasteiger partial charge in [0.1, 0.15) is 0 Å². The van der Waals surface area contributed by atoms with Crippen molar-refractivity contribution < 1.29 is 9.59 Å². The lowest BCUT2D eigenvalue weighted by molar-refractivity contribution is -0.120. The molecule has 0 aliphatic heterocycles. The van der Waals surface area contributed by atoms with Crippen LogP contribution in [-0.2, 0) is 4.79 Å². The van der Waals surface area contributed by atoms with E-state index in [2.05, 4.69) is 12.2 Å². The quantitative estimate of drug-likeness (QED) is 0.767. The largest absolute Gasteiger partial charge is 0.323 e. The Morgan fingerprint density at radius 1 is 1.05 bits per heavy atom. The van der Waals surface area contributed by atoms with E-state index in [4.69, 9.17) is 0 Å². The fourth-order valence-corrected chi connectivity index (χ4v) is 2.70. The number of nitrogens with one attached hydrogen (secondary N) is 1. The van der Waals surface area contributed by atoms with E-state index in [0.717, 1.165) is 36.0 Å². The lowest BCUT2D eigenvalue weighted by Crippen LogP contribution is -2.25. The first-order valence-corrected chi connectivity index (χ1v) is 7.86. The maximum atomic E-state index is 12.5. The number of unbranched alkanes of at least 4 members (excludes halogenated alkanes) is 3. The molecule has 1 aliphatic carbocycles. The van der Waals surface area contributed by atoms with Gasteiger partial charge >= 0.3 is 0 Å². The van der Waals surface area contributed by atoms with Crippen molar-refractivity contribution in [3.63, 3.8) is 0 Å². The van der Waals surface area contributed by atoms with Gasteiger partial charge in [-0.15, -0.1) is 0 Å². The van der Waals surface area contributed by atoms with E-state index in [-0.39, 0.29) is 11.7 Å². The molecule has 3 nitrogen and oxygen atoms in total. The van der Waals surface area contributed by atoms with Crippen LogP contribution in [0.2, 0.25) is 0 Å². The molecule has 1 aromatic rings. The SMILES string of the molecule is CCCCCCC1=C(NC(=O)CC)C(=O)c2ccccc21. The van der Waals surface area contributed by atoms with Crippen molar-refractivity contribution in [1.29, 1.82) is 0 Å². The first kappa shape index (κ1) is 15.5. The lowest BCUT2D eigenvalue weighted by atomic mass is 10.00. The molecule has 0 fully saturated rings. The van der Waals surface area contributed by atoms with Gasteiger partial charge in [-0.2, -0.15) is 0 Å². The highest BCUT2D eigenvalue weighted by Crippen LogP contribution is 2.35. The molecule has 0 unspecified atom stereocenters. The molecule has 0 saturated carbocycles. The van der Waals surface area contributed by atoms with Gasteiger partial charge in [0.05, 0.1) is 5.70 Å². The standard InChI is InChI=1S/C18H23NO2/c1-3-5-6-7-11-14-13-10-8-9-12-15(13)18(21)17(14)19-16(20)4-2/h8-10,12H,3-7,11H2,1-2H3,(H,19,20,21). The van der Waals surface area contributed by atoms with Crippen molar-refractivity contribution in [2.24, 2.45) is 0 Å². The molecule has 0 heterocycles. The second kappa shape index (κ2) is 7.21. The van der Waals surface area contributed by atoms with E-state index in [1.807, 2.05) is 24.3 Å². The molecule has 0 bridgehead atoms. The molecule has 0 atom stereocenters. The van der Waals surface area contributed by atoms with Crippen molar-refractivity contribution >= 4 is 17.3 Å². The topological polar surface area (TPSA) is 46.2 Å². The number of hydrogen-bond acceptors (Lipinski definition) is 2. The van der Waals surface area contributed by atoms with Crippen LogP contribution in [0.25, 0.3) is 5.57 Å². The summed E-state index contributed by atoms with van der Waals surface area (Å²) in [4.78, 5) is 24.2. The minimum Gasteiger partial charge on any atom is -0.323 e.